The fourth-order valence-corrected chi connectivity index (χ4v) is 5.85. The zero-order chi connectivity index (χ0) is 31.0. The van der Waals surface area contributed by atoms with Gasteiger partial charge in [-0.05, 0) is 61.7 Å². The molecule has 0 aliphatic heterocycles. The van der Waals surface area contributed by atoms with E-state index < -0.39 is 28.5 Å². The van der Waals surface area contributed by atoms with Crippen LogP contribution in [-0.4, -0.2) is 58.5 Å². The van der Waals surface area contributed by atoms with Gasteiger partial charge in [0.1, 0.15) is 12.6 Å². The van der Waals surface area contributed by atoms with Crippen molar-refractivity contribution in [1.29, 1.82) is 0 Å². The van der Waals surface area contributed by atoms with Crippen molar-refractivity contribution in [2.75, 3.05) is 31.6 Å². The minimum absolute atomic E-state index is 0.0494. The van der Waals surface area contributed by atoms with Gasteiger partial charge in [-0.25, -0.2) is 8.42 Å². The van der Waals surface area contributed by atoms with Crippen molar-refractivity contribution in [2.24, 2.45) is 5.92 Å². The lowest BCUT2D eigenvalue weighted by Crippen LogP contribution is -2.51. The highest BCUT2D eigenvalue weighted by Crippen LogP contribution is 2.32. The number of carbonyl (C=O) groups is 2. The number of rotatable bonds is 13. The van der Waals surface area contributed by atoms with Crippen molar-refractivity contribution in [2.45, 2.75) is 45.2 Å². The van der Waals surface area contributed by atoms with Crippen LogP contribution in [0.3, 0.4) is 0 Å². The molecule has 0 heterocycles. The maximum Gasteiger partial charge on any atom is 0.264 e. The first kappa shape index (κ1) is 32.8. The Balaban J connectivity index is 2.05. The van der Waals surface area contributed by atoms with Crippen LogP contribution in [0.15, 0.2) is 71.6 Å². The van der Waals surface area contributed by atoms with Crippen LogP contribution >= 0.6 is 11.6 Å². The molecule has 3 rings (SSSR count). The second kappa shape index (κ2) is 14.4. The Kier molecular flexibility index (Phi) is 11.2. The van der Waals surface area contributed by atoms with E-state index in [-0.39, 0.29) is 29.0 Å². The summed E-state index contributed by atoms with van der Waals surface area (Å²) in [6, 6.07) is 17.1. The van der Waals surface area contributed by atoms with Crippen molar-refractivity contribution >= 4 is 39.1 Å². The van der Waals surface area contributed by atoms with Gasteiger partial charge in [-0.3, -0.25) is 13.9 Å². The Morgan fingerprint density at radius 1 is 0.929 bits per heavy atom. The molecule has 0 saturated heterocycles. The highest BCUT2D eigenvalue weighted by atomic mass is 35.5. The van der Waals surface area contributed by atoms with Crippen LogP contribution in [-0.2, 0) is 26.2 Å². The number of sulfonamides is 1. The number of ether oxygens (including phenoxy) is 2. The van der Waals surface area contributed by atoms with Gasteiger partial charge < -0.3 is 19.7 Å². The number of benzene rings is 3. The summed E-state index contributed by atoms with van der Waals surface area (Å²) in [4.78, 5) is 28.4. The van der Waals surface area contributed by atoms with Crippen LogP contribution in [0.1, 0.15) is 31.9 Å². The van der Waals surface area contributed by atoms with Crippen LogP contribution in [0.5, 0.6) is 11.5 Å². The molecule has 0 radical (unpaired) electrons. The van der Waals surface area contributed by atoms with Crippen molar-refractivity contribution in [3.05, 3.63) is 82.9 Å². The molecule has 0 aliphatic rings. The van der Waals surface area contributed by atoms with E-state index in [9.17, 15) is 18.0 Å². The van der Waals surface area contributed by atoms with Gasteiger partial charge in [-0.1, -0.05) is 55.3 Å². The molecule has 11 heteroatoms. The number of amides is 2. The fraction of sp³-hybridized carbons (Fsp3) is 0.355. The number of methoxy groups -OCH3 is 2. The van der Waals surface area contributed by atoms with Gasteiger partial charge in [-0.2, -0.15) is 0 Å². The predicted molar refractivity (Wildman–Crippen MR) is 165 cm³/mol. The highest BCUT2D eigenvalue weighted by Gasteiger charge is 2.33. The largest absolute Gasteiger partial charge is 0.493 e. The molecule has 2 amide bonds. The molecule has 0 spiro atoms. The SMILES string of the molecule is COc1ccc(S(=O)(=O)N(CC(=O)N(Cc2cccc(Cl)c2)[C@H](C)C(=O)NCC(C)C)c2ccc(C)cc2)cc1OC. The van der Waals surface area contributed by atoms with Gasteiger partial charge in [0.05, 0.1) is 24.8 Å². The molecule has 226 valence electrons. The standard InChI is InChI=1S/C31H38ClN3O6S/c1-21(2)18-33-31(37)23(4)34(19-24-8-7-9-25(32)16-24)30(36)20-35(26-12-10-22(3)11-13-26)42(38,39)27-14-15-28(40-5)29(17-27)41-6/h7-17,21,23H,18-20H2,1-6H3,(H,33,37)/t23-/m1/s1. The minimum atomic E-state index is -4.27. The van der Waals surface area contributed by atoms with E-state index in [4.69, 9.17) is 21.1 Å². The summed E-state index contributed by atoms with van der Waals surface area (Å²) in [5.74, 6) is -0.104. The first-order valence-electron chi connectivity index (χ1n) is 13.5. The molecule has 0 aromatic heterocycles. The summed E-state index contributed by atoms with van der Waals surface area (Å²) in [6.07, 6.45) is 0. The molecule has 0 aliphatic carbocycles. The molecule has 0 bridgehead atoms. The third-order valence-corrected chi connectivity index (χ3v) is 8.64. The van der Waals surface area contributed by atoms with Crippen LogP contribution in [0.4, 0.5) is 5.69 Å². The Morgan fingerprint density at radius 2 is 1.60 bits per heavy atom. The lowest BCUT2D eigenvalue weighted by Gasteiger charge is -2.32. The molecule has 0 fully saturated rings. The number of nitrogens with one attached hydrogen (secondary N) is 1. The quantitative estimate of drug-likeness (QED) is 0.289. The van der Waals surface area contributed by atoms with E-state index in [1.54, 1.807) is 55.5 Å². The Morgan fingerprint density at radius 3 is 2.19 bits per heavy atom. The molecule has 42 heavy (non-hydrogen) atoms. The van der Waals surface area contributed by atoms with Crippen LogP contribution < -0.4 is 19.1 Å². The normalized spacial score (nSPS) is 12.0. The number of hydrogen-bond acceptors (Lipinski definition) is 6. The van der Waals surface area contributed by atoms with Crippen LogP contribution in [0, 0.1) is 12.8 Å². The van der Waals surface area contributed by atoms with Gasteiger partial charge in [0.2, 0.25) is 11.8 Å². The number of anilines is 1. The number of hydrogen-bond donors (Lipinski definition) is 1. The van der Waals surface area contributed by atoms with Crippen molar-refractivity contribution < 1.29 is 27.5 Å². The van der Waals surface area contributed by atoms with Gasteiger partial charge in [-0.15, -0.1) is 0 Å². The van der Waals surface area contributed by atoms with E-state index in [0.29, 0.717) is 28.6 Å². The smallest absolute Gasteiger partial charge is 0.264 e. The number of halogens is 1. The van der Waals surface area contributed by atoms with E-state index in [0.717, 1.165) is 9.87 Å². The number of nitrogens with zero attached hydrogens (tertiary/aromatic N) is 2. The van der Waals surface area contributed by atoms with Gasteiger partial charge in [0.25, 0.3) is 10.0 Å². The topological polar surface area (TPSA) is 105 Å². The monoisotopic (exact) mass is 615 g/mol. The maximum atomic E-state index is 14.1. The third-order valence-electron chi connectivity index (χ3n) is 6.64. The predicted octanol–water partition coefficient (Wildman–Crippen LogP) is 5.05. The molecule has 1 atom stereocenters. The highest BCUT2D eigenvalue weighted by molar-refractivity contribution is 7.92. The van der Waals surface area contributed by atoms with Crippen LogP contribution in [0.25, 0.3) is 0 Å². The maximum absolute atomic E-state index is 14.1. The number of carbonyl (C=O) groups excluding carboxylic acids is 2. The second-order valence-electron chi connectivity index (χ2n) is 10.3. The summed E-state index contributed by atoms with van der Waals surface area (Å²) in [5, 5.41) is 3.35. The first-order valence-corrected chi connectivity index (χ1v) is 15.3. The van der Waals surface area contributed by atoms with Gasteiger partial charge in [0.15, 0.2) is 11.5 Å². The van der Waals surface area contributed by atoms with Crippen LogP contribution in [0.2, 0.25) is 5.02 Å². The zero-order valence-electron chi connectivity index (χ0n) is 24.8. The Labute approximate surface area is 253 Å². The number of aryl methyl sites for hydroxylation is 1. The average Bonchev–Trinajstić information content (AvgIpc) is 2.97. The molecule has 3 aromatic carbocycles. The van der Waals surface area contributed by atoms with Gasteiger partial charge >= 0.3 is 0 Å². The summed E-state index contributed by atoms with van der Waals surface area (Å²) in [6.45, 7) is 7.38. The fourth-order valence-electron chi connectivity index (χ4n) is 4.21. The van der Waals surface area contributed by atoms with Gasteiger partial charge in [0, 0.05) is 24.2 Å². The lowest BCUT2D eigenvalue weighted by molar-refractivity contribution is -0.139. The van der Waals surface area contributed by atoms with E-state index in [1.165, 1.54) is 37.3 Å². The minimum Gasteiger partial charge on any atom is -0.493 e. The summed E-state index contributed by atoms with van der Waals surface area (Å²) < 4.78 is 39.8. The zero-order valence-corrected chi connectivity index (χ0v) is 26.3. The molecule has 0 saturated carbocycles. The van der Waals surface area contributed by atoms with E-state index in [1.807, 2.05) is 20.8 Å². The summed E-state index contributed by atoms with van der Waals surface area (Å²) in [7, 11) is -1.41. The molecule has 3 aromatic rings. The van der Waals surface area contributed by atoms with E-state index in [2.05, 4.69) is 5.32 Å². The average molecular weight is 616 g/mol. The first-order chi connectivity index (χ1) is 19.9. The van der Waals surface area contributed by atoms with Crippen molar-refractivity contribution in [3.63, 3.8) is 0 Å². The molecule has 1 N–H and O–H groups in total. The summed E-state index contributed by atoms with van der Waals surface area (Å²) >= 11 is 6.20. The molecular formula is C31H38ClN3O6S. The van der Waals surface area contributed by atoms with Crippen molar-refractivity contribution in [1.82, 2.24) is 10.2 Å². The Bertz CT molecular complexity index is 1490. The summed E-state index contributed by atoms with van der Waals surface area (Å²) in [5.41, 5.74) is 1.92. The third kappa shape index (κ3) is 8.17. The lowest BCUT2D eigenvalue weighted by atomic mass is 10.1. The molecule has 0 unspecified atom stereocenters. The molecular weight excluding hydrogens is 578 g/mol. The van der Waals surface area contributed by atoms with E-state index >= 15 is 0 Å². The molecule has 9 nitrogen and oxygen atoms in total. The second-order valence-corrected chi connectivity index (χ2v) is 12.6. The Hall–Kier alpha value is -3.76. The van der Waals surface area contributed by atoms with Crippen molar-refractivity contribution in [3.8, 4) is 11.5 Å².